The molecule has 1 aliphatic heterocycles. The van der Waals surface area contributed by atoms with E-state index in [4.69, 9.17) is 0 Å². The number of carbonyl (C=O) groups is 1. The second-order valence-corrected chi connectivity index (χ2v) is 7.65. The summed E-state index contributed by atoms with van der Waals surface area (Å²) in [6.45, 7) is 6.07. The predicted octanol–water partition coefficient (Wildman–Crippen LogP) is 2.92. The number of benzene rings is 1. The maximum absolute atomic E-state index is 12.7. The summed E-state index contributed by atoms with van der Waals surface area (Å²) in [5.41, 5.74) is 2.64. The summed E-state index contributed by atoms with van der Waals surface area (Å²) in [5, 5.41) is 5.52. The van der Waals surface area contributed by atoms with Gasteiger partial charge < -0.3 is 10.2 Å². The molecule has 1 aromatic heterocycles. The van der Waals surface area contributed by atoms with E-state index in [1.54, 1.807) is 11.3 Å². The van der Waals surface area contributed by atoms with Crippen LogP contribution >= 0.6 is 11.3 Å². The van der Waals surface area contributed by atoms with Gasteiger partial charge in [-0.1, -0.05) is 37.3 Å². The molecule has 1 saturated heterocycles. The second-order valence-electron chi connectivity index (χ2n) is 6.61. The lowest BCUT2D eigenvalue weighted by molar-refractivity contribution is -0.132. The van der Waals surface area contributed by atoms with Crippen LogP contribution in [0.3, 0.4) is 0 Å². The van der Waals surface area contributed by atoms with Crippen molar-refractivity contribution in [2.75, 3.05) is 33.2 Å². The van der Waals surface area contributed by atoms with Crippen LogP contribution in [0.4, 0.5) is 0 Å². The van der Waals surface area contributed by atoms with Crippen LogP contribution in [0.1, 0.15) is 29.0 Å². The third-order valence-corrected chi connectivity index (χ3v) is 5.73. The summed E-state index contributed by atoms with van der Waals surface area (Å²) in [5.74, 6) is 0.186. The van der Waals surface area contributed by atoms with Crippen LogP contribution in [0.15, 0.2) is 41.8 Å². The first kappa shape index (κ1) is 18.1. The zero-order valence-electron chi connectivity index (χ0n) is 15.1. The Labute approximate surface area is 154 Å². The smallest absolute Gasteiger partial charge is 0.236 e. The normalized spacial score (nSPS) is 18.2. The van der Waals surface area contributed by atoms with Gasteiger partial charge in [-0.3, -0.25) is 9.69 Å². The van der Waals surface area contributed by atoms with Crippen molar-refractivity contribution < 1.29 is 4.79 Å². The van der Waals surface area contributed by atoms with Gasteiger partial charge >= 0.3 is 0 Å². The van der Waals surface area contributed by atoms with E-state index in [9.17, 15) is 4.79 Å². The Morgan fingerprint density at radius 3 is 2.80 bits per heavy atom. The monoisotopic (exact) mass is 357 g/mol. The van der Waals surface area contributed by atoms with Crippen LogP contribution in [-0.2, 0) is 17.8 Å². The van der Waals surface area contributed by atoms with E-state index in [1.807, 2.05) is 18.0 Å². The molecular weight excluding hydrogens is 330 g/mol. The SMILES string of the molecule is CCc1ccc(C2CNCCN2CC(=O)N(C)Cc2cccs2)cc1. The first-order valence-corrected chi connectivity index (χ1v) is 9.85. The summed E-state index contributed by atoms with van der Waals surface area (Å²) < 4.78 is 0. The number of rotatable bonds is 6. The van der Waals surface area contributed by atoms with E-state index in [1.165, 1.54) is 16.0 Å². The lowest BCUT2D eigenvalue weighted by atomic mass is 10.0. The Morgan fingerprint density at radius 2 is 2.12 bits per heavy atom. The maximum atomic E-state index is 12.7. The van der Waals surface area contributed by atoms with E-state index in [2.05, 4.69) is 52.9 Å². The number of hydrogen-bond donors (Lipinski definition) is 1. The third kappa shape index (κ3) is 4.69. The molecule has 0 saturated carbocycles. The summed E-state index contributed by atoms with van der Waals surface area (Å²) in [6, 6.07) is 13.2. The third-order valence-electron chi connectivity index (χ3n) is 4.86. The van der Waals surface area contributed by atoms with E-state index in [0.29, 0.717) is 13.1 Å². The minimum absolute atomic E-state index is 0.186. The standard InChI is InChI=1S/C20H27N3OS/c1-3-16-6-8-17(9-7-16)19-13-21-10-11-23(19)15-20(24)22(2)14-18-5-4-12-25-18/h4-9,12,19,21H,3,10-11,13-15H2,1-2H3. The molecule has 0 bridgehead atoms. The van der Waals surface area contributed by atoms with Crippen LogP contribution in [0.25, 0.3) is 0 Å². The number of amides is 1. The topological polar surface area (TPSA) is 35.6 Å². The highest BCUT2D eigenvalue weighted by molar-refractivity contribution is 7.09. The molecule has 1 atom stereocenters. The Bertz CT molecular complexity index is 669. The summed E-state index contributed by atoms with van der Waals surface area (Å²) >= 11 is 1.70. The van der Waals surface area contributed by atoms with Gasteiger partial charge in [0.1, 0.15) is 0 Å². The van der Waals surface area contributed by atoms with Gasteiger partial charge in [-0.05, 0) is 29.0 Å². The Kier molecular flexibility index (Phi) is 6.24. The van der Waals surface area contributed by atoms with Crippen molar-refractivity contribution in [2.45, 2.75) is 25.9 Å². The molecule has 2 aromatic rings. The molecule has 5 heteroatoms. The number of carbonyl (C=O) groups excluding carboxylic acids is 1. The van der Waals surface area contributed by atoms with Gasteiger partial charge in [-0.25, -0.2) is 0 Å². The average molecular weight is 358 g/mol. The van der Waals surface area contributed by atoms with Gasteiger partial charge in [0.05, 0.1) is 13.1 Å². The van der Waals surface area contributed by atoms with Crippen LogP contribution in [0, 0.1) is 0 Å². The quantitative estimate of drug-likeness (QED) is 0.863. The first-order valence-electron chi connectivity index (χ1n) is 8.97. The highest BCUT2D eigenvalue weighted by Gasteiger charge is 2.26. The molecule has 1 amide bonds. The zero-order valence-corrected chi connectivity index (χ0v) is 15.9. The van der Waals surface area contributed by atoms with Gasteiger partial charge in [0.2, 0.25) is 5.91 Å². The van der Waals surface area contributed by atoms with Crippen molar-refractivity contribution in [1.29, 1.82) is 0 Å². The summed E-state index contributed by atoms with van der Waals surface area (Å²) in [7, 11) is 1.90. The van der Waals surface area contributed by atoms with E-state index in [0.717, 1.165) is 26.1 Å². The van der Waals surface area contributed by atoms with E-state index >= 15 is 0 Å². The van der Waals surface area contributed by atoms with Crippen LogP contribution < -0.4 is 5.32 Å². The second kappa shape index (κ2) is 8.61. The average Bonchev–Trinajstić information content (AvgIpc) is 3.15. The minimum Gasteiger partial charge on any atom is -0.340 e. The minimum atomic E-state index is 0.186. The molecule has 134 valence electrons. The van der Waals surface area contributed by atoms with Gasteiger partial charge in [0.15, 0.2) is 0 Å². The van der Waals surface area contributed by atoms with Crippen molar-refractivity contribution in [3.63, 3.8) is 0 Å². The van der Waals surface area contributed by atoms with Crippen molar-refractivity contribution in [2.24, 2.45) is 0 Å². The van der Waals surface area contributed by atoms with E-state index in [-0.39, 0.29) is 11.9 Å². The Morgan fingerprint density at radius 1 is 1.32 bits per heavy atom. The number of nitrogens with one attached hydrogen (secondary N) is 1. The molecule has 1 aliphatic rings. The molecule has 3 rings (SSSR count). The fourth-order valence-electron chi connectivity index (χ4n) is 3.26. The number of likely N-dealkylation sites (N-methyl/N-ethyl adjacent to an activating group) is 1. The number of nitrogens with zero attached hydrogens (tertiary/aromatic N) is 2. The fourth-order valence-corrected chi connectivity index (χ4v) is 4.02. The lowest BCUT2D eigenvalue weighted by Gasteiger charge is -2.36. The van der Waals surface area contributed by atoms with Crippen LogP contribution in [0.5, 0.6) is 0 Å². The zero-order chi connectivity index (χ0) is 17.6. The van der Waals surface area contributed by atoms with Gasteiger partial charge in [0, 0.05) is 37.6 Å². The molecular formula is C20H27N3OS. The molecule has 1 aromatic carbocycles. The van der Waals surface area contributed by atoms with Gasteiger partial charge in [-0.15, -0.1) is 11.3 Å². The van der Waals surface area contributed by atoms with Crippen molar-refractivity contribution in [3.05, 3.63) is 57.8 Å². The van der Waals surface area contributed by atoms with Crippen molar-refractivity contribution in [3.8, 4) is 0 Å². The fraction of sp³-hybridized carbons (Fsp3) is 0.450. The molecule has 1 fully saturated rings. The summed E-state index contributed by atoms with van der Waals surface area (Å²) in [6.07, 6.45) is 1.05. The van der Waals surface area contributed by atoms with Crippen molar-refractivity contribution >= 4 is 17.2 Å². The molecule has 0 aliphatic carbocycles. The number of aryl methyl sites for hydroxylation is 1. The highest BCUT2D eigenvalue weighted by atomic mass is 32.1. The van der Waals surface area contributed by atoms with Crippen LogP contribution in [-0.4, -0.2) is 48.9 Å². The molecule has 1 N–H and O–H groups in total. The molecule has 4 nitrogen and oxygen atoms in total. The predicted molar refractivity (Wildman–Crippen MR) is 104 cm³/mol. The number of piperazine rings is 1. The van der Waals surface area contributed by atoms with Gasteiger partial charge in [-0.2, -0.15) is 0 Å². The van der Waals surface area contributed by atoms with Crippen molar-refractivity contribution in [1.82, 2.24) is 15.1 Å². The number of hydrogen-bond acceptors (Lipinski definition) is 4. The molecule has 0 radical (unpaired) electrons. The Hall–Kier alpha value is -1.69. The largest absolute Gasteiger partial charge is 0.340 e. The Balaban J connectivity index is 1.64. The maximum Gasteiger partial charge on any atom is 0.236 e. The first-order chi connectivity index (χ1) is 12.2. The molecule has 25 heavy (non-hydrogen) atoms. The molecule has 0 spiro atoms. The van der Waals surface area contributed by atoms with Crippen LogP contribution in [0.2, 0.25) is 0 Å². The number of thiophene rings is 1. The molecule has 1 unspecified atom stereocenters. The molecule has 2 heterocycles. The van der Waals surface area contributed by atoms with Gasteiger partial charge in [0.25, 0.3) is 0 Å². The highest BCUT2D eigenvalue weighted by Crippen LogP contribution is 2.23. The lowest BCUT2D eigenvalue weighted by Crippen LogP contribution is -2.49. The van der Waals surface area contributed by atoms with E-state index < -0.39 is 0 Å². The summed E-state index contributed by atoms with van der Waals surface area (Å²) in [4.78, 5) is 18.1.